The highest BCUT2D eigenvalue weighted by molar-refractivity contribution is 8.00. The summed E-state index contributed by atoms with van der Waals surface area (Å²) >= 11 is 1.74. The normalized spacial score (nSPS) is 31.4. The van der Waals surface area contributed by atoms with Crippen molar-refractivity contribution >= 4 is 18.0 Å². The van der Waals surface area contributed by atoms with Gasteiger partial charge in [0.15, 0.2) is 0 Å². The Hall–Kier alpha value is -0.800. The first-order chi connectivity index (χ1) is 8.72. The number of aldehydes is 1. The molecule has 2 rings (SSSR count). The van der Waals surface area contributed by atoms with Gasteiger partial charge in [-0.2, -0.15) is 11.8 Å². The van der Waals surface area contributed by atoms with Crippen molar-refractivity contribution in [1.29, 1.82) is 0 Å². The summed E-state index contributed by atoms with van der Waals surface area (Å²) in [6, 6.07) is 9.59. The molecule has 1 N–H and O–H groups in total. The molecule has 98 valence electrons. The lowest BCUT2D eigenvalue weighted by molar-refractivity contribution is -0.118. The van der Waals surface area contributed by atoms with E-state index in [1.54, 1.807) is 11.8 Å². The lowest BCUT2D eigenvalue weighted by atomic mass is 9.81. The van der Waals surface area contributed by atoms with Crippen LogP contribution in [0.15, 0.2) is 30.3 Å². The summed E-state index contributed by atoms with van der Waals surface area (Å²) in [7, 11) is 0. The van der Waals surface area contributed by atoms with Crippen LogP contribution in [0.5, 0.6) is 0 Å². The second kappa shape index (κ2) is 5.89. The number of thioether (sulfide) groups is 1. The number of carbonyl (C=O) groups is 1. The van der Waals surface area contributed by atoms with Crippen molar-refractivity contribution in [2.24, 2.45) is 5.92 Å². The summed E-state index contributed by atoms with van der Waals surface area (Å²) < 4.78 is 0. The monoisotopic (exact) mass is 264 g/mol. The number of aliphatic hydroxyl groups is 1. The molecule has 0 unspecified atom stereocenters. The third-order valence-corrected chi connectivity index (χ3v) is 5.30. The summed E-state index contributed by atoms with van der Waals surface area (Å²) in [5.41, 5.74) is -0.111. The highest BCUT2D eigenvalue weighted by Gasteiger charge is 2.48. The third kappa shape index (κ3) is 2.47. The minimum atomic E-state index is -0.980. The molecule has 1 saturated heterocycles. The van der Waals surface area contributed by atoms with Crippen LogP contribution >= 0.6 is 11.8 Å². The zero-order chi connectivity index (χ0) is 13.0. The van der Waals surface area contributed by atoms with Crippen molar-refractivity contribution in [2.75, 3.05) is 5.75 Å². The van der Waals surface area contributed by atoms with Gasteiger partial charge in [-0.05, 0) is 12.0 Å². The number of carbonyl (C=O) groups excluding carboxylic acids is 1. The van der Waals surface area contributed by atoms with Gasteiger partial charge >= 0.3 is 0 Å². The summed E-state index contributed by atoms with van der Waals surface area (Å²) in [4.78, 5) is 11.4. The van der Waals surface area contributed by atoms with Crippen LogP contribution in [0.25, 0.3) is 0 Å². The highest BCUT2D eigenvalue weighted by Crippen LogP contribution is 2.47. The molecule has 1 fully saturated rings. The topological polar surface area (TPSA) is 37.3 Å². The average Bonchev–Trinajstić information content (AvgIpc) is 2.75. The van der Waals surface area contributed by atoms with E-state index >= 15 is 0 Å². The van der Waals surface area contributed by atoms with Crippen molar-refractivity contribution in [2.45, 2.75) is 37.0 Å². The molecule has 1 heterocycles. The van der Waals surface area contributed by atoms with E-state index in [9.17, 15) is 9.90 Å². The number of hydrogen-bond acceptors (Lipinski definition) is 3. The predicted molar refractivity (Wildman–Crippen MR) is 75.7 cm³/mol. The smallest absolute Gasteiger partial charge is 0.127 e. The van der Waals surface area contributed by atoms with E-state index in [1.807, 2.05) is 30.3 Å². The van der Waals surface area contributed by atoms with Crippen molar-refractivity contribution in [3.63, 3.8) is 0 Å². The molecule has 1 aromatic carbocycles. The van der Waals surface area contributed by atoms with Gasteiger partial charge in [0.05, 0.1) is 5.92 Å². The van der Waals surface area contributed by atoms with Gasteiger partial charge < -0.3 is 9.90 Å². The Kier molecular flexibility index (Phi) is 4.46. The van der Waals surface area contributed by atoms with Gasteiger partial charge in [-0.1, -0.05) is 50.1 Å². The van der Waals surface area contributed by atoms with Crippen molar-refractivity contribution in [3.8, 4) is 0 Å². The van der Waals surface area contributed by atoms with Crippen molar-refractivity contribution < 1.29 is 9.90 Å². The minimum Gasteiger partial charge on any atom is -0.384 e. The molecular formula is C15H20O2S. The number of benzene rings is 1. The van der Waals surface area contributed by atoms with Gasteiger partial charge in [-0.15, -0.1) is 0 Å². The summed E-state index contributed by atoms with van der Waals surface area (Å²) in [5, 5.41) is 11.1. The van der Waals surface area contributed by atoms with Crippen LogP contribution in [0.2, 0.25) is 0 Å². The maximum Gasteiger partial charge on any atom is 0.127 e. The van der Waals surface area contributed by atoms with Gasteiger partial charge in [-0.3, -0.25) is 0 Å². The molecule has 0 saturated carbocycles. The van der Waals surface area contributed by atoms with E-state index in [0.717, 1.165) is 31.1 Å². The molecule has 0 aromatic heterocycles. The van der Waals surface area contributed by atoms with Crippen molar-refractivity contribution in [3.05, 3.63) is 35.9 Å². The first-order valence-electron chi connectivity index (χ1n) is 6.57. The lowest BCUT2D eigenvalue weighted by Crippen LogP contribution is -2.37. The fraction of sp³-hybridized carbons (Fsp3) is 0.533. The number of hydrogen-bond donors (Lipinski definition) is 1. The number of rotatable bonds is 5. The second-order valence-corrected chi connectivity index (χ2v) is 6.17. The van der Waals surface area contributed by atoms with Crippen LogP contribution in [0.3, 0.4) is 0 Å². The third-order valence-electron chi connectivity index (χ3n) is 3.73. The largest absolute Gasteiger partial charge is 0.384 e. The Balaban J connectivity index is 2.21. The Labute approximate surface area is 113 Å². The summed E-state index contributed by atoms with van der Waals surface area (Å²) in [6.07, 6.45) is 4.21. The fourth-order valence-electron chi connectivity index (χ4n) is 2.61. The molecule has 3 atom stereocenters. The van der Waals surface area contributed by atoms with E-state index in [-0.39, 0.29) is 11.2 Å². The fourth-order valence-corrected chi connectivity index (χ4v) is 4.27. The first kappa shape index (κ1) is 13.6. The van der Waals surface area contributed by atoms with E-state index in [1.165, 1.54) is 0 Å². The molecule has 0 amide bonds. The van der Waals surface area contributed by atoms with Crippen LogP contribution in [-0.2, 0) is 10.4 Å². The van der Waals surface area contributed by atoms with E-state index in [2.05, 4.69) is 6.92 Å². The van der Waals surface area contributed by atoms with E-state index in [0.29, 0.717) is 5.75 Å². The molecule has 2 nitrogen and oxygen atoms in total. The molecule has 0 bridgehead atoms. The summed E-state index contributed by atoms with van der Waals surface area (Å²) in [5.74, 6) is 0.339. The molecule has 0 spiro atoms. The Bertz CT molecular complexity index is 393. The Morgan fingerprint density at radius 1 is 1.44 bits per heavy atom. The van der Waals surface area contributed by atoms with Gasteiger partial charge in [0, 0.05) is 11.0 Å². The van der Waals surface area contributed by atoms with Gasteiger partial charge in [0.2, 0.25) is 0 Å². The van der Waals surface area contributed by atoms with E-state index < -0.39 is 5.60 Å². The lowest BCUT2D eigenvalue weighted by Gasteiger charge is -2.28. The molecule has 0 radical (unpaired) electrons. The molecular weight excluding hydrogens is 244 g/mol. The average molecular weight is 264 g/mol. The maximum absolute atomic E-state index is 11.4. The SMILES string of the molecule is CCCC[C@H]1SC[C@@](O)(c2ccccc2)[C@@H]1C=O. The summed E-state index contributed by atoms with van der Waals surface area (Å²) in [6.45, 7) is 2.15. The van der Waals surface area contributed by atoms with Gasteiger partial charge in [-0.25, -0.2) is 0 Å². The molecule has 0 aliphatic carbocycles. The quantitative estimate of drug-likeness (QED) is 0.831. The predicted octanol–water partition coefficient (Wildman–Crippen LogP) is 2.99. The van der Waals surface area contributed by atoms with Crippen LogP contribution in [-0.4, -0.2) is 22.4 Å². The minimum absolute atomic E-state index is 0.257. The highest BCUT2D eigenvalue weighted by atomic mass is 32.2. The standard InChI is InChI=1S/C15H20O2S/c1-2-3-9-14-13(10-16)15(17,11-18-14)12-7-5-4-6-8-12/h4-8,10,13-14,17H,2-3,9,11H2,1H3/t13-,14-,15-/m1/s1. The molecule has 18 heavy (non-hydrogen) atoms. The molecule has 1 aromatic rings. The zero-order valence-corrected chi connectivity index (χ0v) is 11.5. The molecule has 1 aliphatic rings. The maximum atomic E-state index is 11.4. The number of unbranched alkanes of at least 4 members (excludes halogenated alkanes) is 1. The van der Waals surface area contributed by atoms with Gasteiger partial charge in [0.1, 0.15) is 11.9 Å². The molecule has 3 heteroatoms. The van der Waals surface area contributed by atoms with E-state index in [4.69, 9.17) is 0 Å². The van der Waals surface area contributed by atoms with Crippen LogP contribution in [0.4, 0.5) is 0 Å². The Morgan fingerprint density at radius 2 is 2.17 bits per heavy atom. The molecule has 1 aliphatic heterocycles. The zero-order valence-electron chi connectivity index (χ0n) is 10.7. The van der Waals surface area contributed by atoms with Crippen LogP contribution < -0.4 is 0 Å². The van der Waals surface area contributed by atoms with Crippen LogP contribution in [0, 0.1) is 5.92 Å². The van der Waals surface area contributed by atoms with Gasteiger partial charge in [0.25, 0.3) is 0 Å². The van der Waals surface area contributed by atoms with Crippen LogP contribution in [0.1, 0.15) is 31.7 Å². The van der Waals surface area contributed by atoms with Crippen molar-refractivity contribution in [1.82, 2.24) is 0 Å². The Morgan fingerprint density at radius 3 is 2.78 bits per heavy atom. The second-order valence-electron chi connectivity index (χ2n) is 4.94. The first-order valence-corrected chi connectivity index (χ1v) is 7.62.